The zero-order valence-corrected chi connectivity index (χ0v) is 12.9. The van der Waals surface area contributed by atoms with E-state index in [1.54, 1.807) is 4.31 Å². The van der Waals surface area contributed by atoms with Crippen LogP contribution in [0.1, 0.15) is 43.7 Å². The van der Waals surface area contributed by atoms with Crippen LogP contribution in [0.15, 0.2) is 24.3 Å². The first kappa shape index (κ1) is 15.5. The molecule has 2 rings (SSSR count). The van der Waals surface area contributed by atoms with Crippen molar-refractivity contribution >= 4 is 10.0 Å². The predicted octanol–water partition coefficient (Wildman–Crippen LogP) is 2.24. The number of nitrogens with zero attached hydrogens (tertiary/aromatic N) is 1. The van der Waals surface area contributed by atoms with E-state index < -0.39 is 10.0 Å². The van der Waals surface area contributed by atoms with E-state index in [2.05, 4.69) is 6.92 Å². The highest BCUT2D eigenvalue weighted by Crippen LogP contribution is 2.30. The molecule has 0 unspecified atom stereocenters. The normalized spacial score (nSPS) is 15.8. The molecule has 20 heavy (non-hydrogen) atoms. The number of nitrogens with two attached hydrogens (primary N) is 1. The van der Waals surface area contributed by atoms with Gasteiger partial charge in [0.25, 0.3) is 0 Å². The summed E-state index contributed by atoms with van der Waals surface area (Å²) in [7, 11) is -3.20. The Balaban J connectivity index is 2.07. The van der Waals surface area contributed by atoms with Crippen LogP contribution in [-0.2, 0) is 22.3 Å². The molecule has 1 aromatic carbocycles. The maximum atomic E-state index is 12.5. The molecule has 112 valence electrons. The van der Waals surface area contributed by atoms with E-state index in [1.807, 2.05) is 24.3 Å². The van der Waals surface area contributed by atoms with E-state index in [9.17, 15) is 8.42 Å². The van der Waals surface area contributed by atoms with Crippen molar-refractivity contribution in [3.8, 4) is 0 Å². The van der Waals surface area contributed by atoms with Crippen LogP contribution in [0.5, 0.6) is 0 Å². The maximum absolute atomic E-state index is 12.5. The SMILES string of the molecule is CCCCN(C1CC1)S(=O)(=O)Cc1ccc(CN)cc1. The summed E-state index contributed by atoms with van der Waals surface area (Å²) in [6.07, 6.45) is 3.97. The zero-order valence-electron chi connectivity index (χ0n) is 12.1. The van der Waals surface area contributed by atoms with Crippen LogP contribution in [0, 0.1) is 0 Å². The van der Waals surface area contributed by atoms with E-state index in [0.717, 1.165) is 36.8 Å². The largest absolute Gasteiger partial charge is 0.326 e. The number of hydrogen-bond donors (Lipinski definition) is 1. The number of rotatable bonds is 8. The van der Waals surface area contributed by atoms with Gasteiger partial charge in [0.2, 0.25) is 10.0 Å². The van der Waals surface area contributed by atoms with Crippen LogP contribution < -0.4 is 5.73 Å². The summed E-state index contributed by atoms with van der Waals surface area (Å²) in [6, 6.07) is 7.78. The van der Waals surface area contributed by atoms with Gasteiger partial charge in [0, 0.05) is 19.1 Å². The highest BCUT2D eigenvalue weighted by molar-refractivity contribution is 7.88. The summed E-state index contributed by atoms with van der Waals surface area (Å²) in [5, 5.41) is 0. The molecule has 5 heteroatoms. The summed E-state index contributed by atoms with van der Waals surface area (Å²) in [4.78, 5) is 0. The monoisotopic (exact) mass is 296 g/mol. The van der Waals surface area contributed by atoms with Gasteiger partial charge < -0.3 is 5.73 Å². The molecule has 1 saturated carbocycles. The van der Waals surface area contributed by atoms with Crippen LogP contribution in [0.3, 0.4) is 0 Å². The Kier molecular flexibility index (Phi) is 5.18. The van der Waals surface area contributed by atoms with Crippen LogP contribution in [0.25, 0.3) is 0 Å². The number of unbranched alkanes of at least 4 members (excludes halogenated alkanes) is 1. The second kappa shape index (κ2) is 6.70. The predicted molar refractivity (Wildman–Crippen MR) is 81.6 cm³/mol. The van der Waals surface area contributed by atoms with Crippen molar-refractivity contribution in [3.63, 3.8) is 0 Å². The highest BCUT2D eigenvalue weighted by Gasteiger charge is 2.36. The molecule has 0 atom stereocenters. The van der Waals surface area contributed by atoms with Gasteiger partial charge >= 0.3 is 0 Å². The van der Waals surface area contributed by atoms with Crippen molar-refractivity contribution in [2.75, 3.05) is 6.54 Å². The van der Waals surface area contributed by atoms with Crippen LogP contribution in [0.2, 0.25) is 0 Å². The number of benzene rings is 1. The third kappa shape index (κ3) is 4.04. The van der Waals surface area contributed by atoms with Crippen molar-refractivity contribution in [3.05, 3.63) is 35.4 Å². The minimum atomic E-state index is -3.20. The molecule has 0 amide bonds. The highest BCUT2D eigenvalue weighted by atomic mass is 32.2. The van der Waals surface area contributed by atoms with Gasteiger partial charge in [-0.2, -0.15) is 4.31 Å². The lowest BCUT2D eigenvalue weighted by molar-refractivity contribution is 0.395. The number of sulfonamides is 1. The van der Waals surface area contributed by atoms with Gasteiger partial charge in [0.05, 0.1) is 5.75 Å². The van der Waals surface area contributed by atoms with Gasteiger partial charge in [-0.05, 0) is 30.4 Å². The minimum Gasteiger partial charge on any atom is -0.326 e. The third-order valence-electron chi connectivity index (χ3n) is 3.65. The van der Waals surface area contributed by atoms with Crippen molar-refractivity contribution in [1.29, 1.82) is 0 Å². The lowest BCUT2D eigenvalue weighted by atomic mass is 10.1. The molecule has 0 spiro atoms. The number of hydrogen-bond acceptors (Lipinski definition) is 3. The standard InChI is InChI=1S/C15H24N2O2S/c1-2-3-10-17(15-8-9-15)20(18,19)12-14-6-4-13(11-16)5-7-14/h4-7,15H,2-3,8-12,16H2,1H3. The van der Waals surface area contributed by atoms with Gasteiger partial charge in [0.1, 0.15) is 0 Å². The quantitative estimate of drug-likeness (QED) is 0.800. The summed E-state index contributed by atoms with van der Waals surface area (Å²) in [5.74, 6) is 0.0953. The third-order valence-corrected chi connectivity index (χ3v) is 5.54. The van der Waals surface area contributed by atoms with Gasteiger partial charge in [-0.3, -0.25) is 0 Å². The Morgan fingerprint density at radius 1 is 1.20 bits per heavy atom. The second-order valence-electron chi connectivity index (χ2n) is 5.47. The molecule has 2 N–H and O–H groups in total. The Morgan fingerprint density at radius 3 is 2.30 bits per heavy atom. The molecule has 0 bridgehead atoms. The first-order chi connectivity index (χ1) is 9.56. The summed E-state index contributed by atoms with van der Waals surface area (Å²) >= 11 is 0. The Hall–Kier alpha value is -0.910. The molecule has 1 aliphatic carbocycles. The zero-order chi connectivity index (χ0) is 14.6. The van der Waals surface area contributed by atoms with Gasteiger partial charge in [0.15, 0.2) is 0 Å². The van der Waals surface area contributed by atoms with E-state index in [4.69, 9.17) is 5.73 Å². The summed E-state index contributed by atoms with van der Waals surface area (Å²) in [6.45, 7) is 3.23. The second-order valence-corrected chi connectivity index (χ2v) is 7.39. The lowest BCUT2D eigenvalue weighted by Gasteiger charge is -2.21. The molecular formula is C15H24N2O2S. The van der Waals surface area contributed by atoms with Crippen molar-refractivity contribution in [2.24, 2.45) is 5.73 Å². The van der Waals surface area contributed by atoms with E-state index in [0.29, 0.717) is 13.1 Å². The van der Waals surface area contributed by atoms with Crippen molar-refractivity contribution in [2.45, 2.75) is 50.9 Å². The lowest BCUT2D eigenvalue weighted by Crippen LogP contribution is -2.35. The van der Waals surface area contributed by atoms with Gasteiger partial charge in [-0.25, -0.2) is 8.42 Å². The summed E-state index contributed by atoms with van der Waals surface area (Å²) < 4.78 is 26.8. The Morgan fingerprint density at radius 2 is 1.80 bits per heavy atom. The fourth-order valence-corrected chi connectivity index (χ4v) is 4.14. The Bertz CT molecular complexity index is 521. The molecular weight excluding hydrogens is 272 g/mol. The van der Waals surface area contributed by atoms with E-state index >= 15 is 0 Å². The summed E-state index contributed by atoms with van der Waals surface area (Å²) in [5.41, 5.74) is 7.41. The fourth-order valence-electron chi connectivity index (χ4n) is 2.29. The molecule has 0 aliphatic heterocycles. The first-order valence-electron chi connectivity index (χ1n) is 7.34. The minimum absolute atomic E-state index is 0.0953. The van der Waals surface area contributed by atoms with E-state index in [-0.39, 0.29) is 11.8 Å². The topological polar surface area (TPSA) is 63.4 Å². The van der Waals surface area contributed by atoms with Crippen LogP contribution in [0.4, 0.5) is 0 Å². The first-order valence-corrected chi connectivity index (χ1v) is 8.95. The van der Waals surface area contributed by atoms with Crippen molar-refractivity contribution < 1.29 is 8.42 Å². The molecule has 1 aliphatic rings. The average molecular weight is 296 g/mol. The Labute approximate surface area is 122 Å². The molecule has 4 nitrogen and oxygen atoms in total. The molecule has 0 aromatic heterocycles. The smallest absolute Gasteiger partial charge is 0.218 e. The van der Waals surface area contributed by atoms with E-state index in [1.165, 1.54) is 0 Å². The molecule has 0 radical (unpaired) electrons. The molecule has 1 fully saturated rings. The van der Waals surface area contributed by atoms with Crippen LogP contribution in [-0.4, -0.2) is 25.3 Å². The van der Waals surface area contributed by atoms with Gasteiger partial charge in [-0.15, -0.1) is 0 Å². The van der Waals surface area contributed by atoms with Gasteiger partial charge in [-0.1, -0.05) is 37.6 Å². The van der Waals surface area contributed by atoms with Crippen LogP contribution >= 0.6 is 0 Å². The maximum Gasteiger partial charge on any atom is 0.218 e. The molecule has 0 saturated heterocycles. The molecule has 1 aromatic rings. The molecule has 0 heterocycles. The fraction of sp³-hybridized carbons (Fsp3) is 0.600. The average Bonchev–Trinajstić information content (AvgIpc) is 3.24. The van der Waals surface area contributed by atoms with Crippen molar-refractivity contribution in [1.82, 2.24) is 4.31 Å².